The topological polar surface area (TPSA) is 41.1 Å². The molecule has 1 aliphatic carbocycles. The molecule has 1 aromatic rings. The quantitative estimate of drug-likeness (QED) is 0.871. The first kappa shape index (κ1) is 16.5. The zero-order valence-electron chi connectivity index (χ0n) is 14.4. The Morgan fingerprint density at radius 3 is 2.70 bits per heavy atom. The molecule has 23 heavy (non-hydrogen) atoms. The van der Waals surface area contributed by atoms with E-state index in [2.05, 4.69) is 41.8 Å². The number of benzene rings is 1. The summed E-state index contributed by atoms with van der Waals surface area (Å²) >= 11 is 0. The summed E-state index contributed by atoms with van der Waals surface area (Å²) < 4.78 is 0. The highest BCUT2D eigenvalue weighted by Crippen LogP contribution is 2.39. The number of rotatable bonds is 5. The van der Waals surface area contributed by atoms with Gasteiger partial charge in [-0.1, -0.05) is 42.7 Å². The van der Waals surface area contributed by atoms with Crippen molar-refractivity contribution in [2.45, 2.75) is 63.8 Å². The number of hydrogen-bond acceptors (Lipinski definition) is 2. The fraction of sp³-hybridized carbons (Fsp3) is 0.650. The van der Waals surface area contributed by atoms with E-state index in [1.165, 1.54) is 36.8 Å². The number of piperidine rings is 1. The molecular formula is C20H30N2O. The van der Waals surface area contributed by atoms with Gasteiger partial charge in [0.2, 0.25) is 5.91 Å². The predicted octanol–water partition coefficient (Wildman–Crippen LogP) is 3.66. The first-order chi connectivity index (χ1) is 11.2. The molecule has 0 spiro atoms. The van der Waals surface area contributed by atoms with Gasteiger partial charge in [-0.3, -0.25) is 4.79 Å². The lowest BCUT2D eigenvalue weighted by atomic mass is 9.86. The molecule has 0 atom stereocenters. The highest BCUT2D eigenvalue weighted by atomic mass is 16.1. The van der Waals surface area contributed by atoms with Crippen molar-refractivity contribution in [1.29, 1.82) is 0 Å². The van der Waals surface area contributed by atoms with E-state index >= 15 is 0 Å². The van der Waals surface area contributed by atoms with Crippen LogP contribution in [0, 0.1) is 12.8 Å². The van der Waals surface area contributed by atoms with Gasteiger partial charge in [0.05, 0.1) is 5.54 Å². The molecule has 2 aliphatic rings. The number of hydrogen-bond donors (Lipinski definition) is 2. The van der Waals surface area contributed by atoms with Crippen LogP contribution in [0.15, 0.2) is 24.3 Å². The second-order valence-electron chi connectivity index (χ2n) is 7.44. The summed E-state index contributed by atoms with van der Waals surface area (Å²) in [4.78, 5) is 12.6. The monoisotopic (exact) mass is 314 g/mol. The normalized spacial score (nSPS) is 21.3. The molecule has 2 fully saturated rings. The van der Waals surface area contributed by atoms with Crippen LogP contribution in [0.1, 0.15) is 62.5 Å². The van der Waals surface area contributed by atoms with Gasteiger partial charge in [-0.2, -0.15) is 0 Å². The number of aryl methyl sites for hydroxylation is 1. The molecular weight excluding hydrogens is 284 g/mol. The van der Waals surface area contributed by atoms with E-state index in [-0.39, 0.29) is 11.4 Å². The van der Waals surface area contributed by atoms with Gasteiger partial charge in [0.1, 0.15) is 0 Å². The molecule has 3 rings (SSSR count). The van der Waals surface area contributed by atoms with Gasteiger partial charge in [-0.15, -0.1) is 0 Å². The van der Waals surface area contributed by atoms with Crippen molar-refractivity contribution in [2.75, 3.05) is 13.1 Å². The van der Waals surface area contributed by atoms with E-state index in [1.807, 2.05) is 0 Å². The zero-order valence-corrected chi connectivity index (χ0v) is 14.4. The first-order valence-corrected chi connectivity index (χ1v) is 9.27. The van der Waals surface area contributed by atoms with Crippen LogP contribution in [-0.2, 0) is 10.3 Å². The van der Waals surface area contributed by atoms with E-state index in [0.29, 0.717) is 6.42 Å². The fourth-order valence-electron chi connectivity index (χ4n) is 4.24. The summed E-state index contributed by atoms with van der Waals surface area (Å²) in [6.07, 6.45) is 8.73. The second kappa shape index (κ2) is 7.48. The molecule has 1 aliphatic heterocycles. The van der Waals surface area contributed by atoms with Gasteiger partial charge in [0.25, 0.3) is 0 Å². The first-order valence-electron chi connectivity index (χ1n) is 9.27. The zero-order chi connectivity index (χ0) is 16.1. The Balaban J connectivity index is 1.61. The van der Waals surface area contributed by atoms with Crippen molar-refractivity contribution < 1.29 is 4.79 Å². The van der Waals surface area contributed by atoms with Gasteiger partial charge in [-0.05, 0) is 63.6 Å². The molecule has 0 unspecified atom stereocenters. The molecule has 126 valence electrons. The molecule has 2 N–H and O–H groups in total. The lowest BCUT2D eigenvalue weighted by Crippen LogP contribution is -2.44. The summed E-state index contributed by atoms with van der Waals surface area (Å²) in [6, 6.07) is 8.68. The number of nitrogens with one attached hydrogen (secondary N) is 2. The third-order valence-electron chi connectivity index (χ3n) is 5.64. The van der Waals surface area contributed by atoms with Crippen molar-refractivity contribution in [1.82, 2.24) is 10.6 Å². The largest absolute Gasteiger partial charge is 0.347 e. The van der Waals surface area contributed by atoms with E-state index < -0.39 is 0 Å². The standard InChI is InChI=1S/C20H30N2O/c1-16-5-4-6-18(15-16)20(11-2-3-12-20)22-19(23)8-7-17-9-13-21-14-10-17/h4-6,15,17,21H,2-3,7-14H2,1H3,(H,22,23). The molecule has 1 aromatic carbocycles. The summed E-state index contributed by atoms with van der Waals surface area (Å²) in [6.45, 7) is 4.35. The fourth-order valence-corrected chi connectivity index (χ4v) is 4.24. The highest BCUT2D eigenvalue weighted by Gasteiger charge is 2.36. The molecule has 0 radical (unpaired) electrons. The molecule has 1 heterocycles. The SMILES string of the molecule is Cc1cccc(C2(NC(=O)CCC3CCNCC3)CCCC2)c1. The van der Waals surface area contributed by atoms with Crippen molar-refractivity contribution in [2.24, 2.45) is 5.92 Å². The van der Waals surface area contributed by atoms with Crippen LogP contribution >= 0.6 is 0 Å². The van der Waals surface area contributed by atoms with E-state index in [1.54, 1.807) is 0 Å². The van der Waals surface area contributed by atoms with E-state index in [4.69, 9.17) is 0 Å². The van der Waals surface area contributed by atoms with Crippen molar-refractivity contribution >= 4 is 5.91 Å². The van der Waals surface area contributed by atoms with Crippen molar-refractivity contribution in [3.63, 3.8) is 0 Å². The number of carbonyl (C=O) groups excluding carboxylic acids is 1. The van der Waals surface area contributed by atoms with Crippen molar-refractivity contribution in [3.05, 3.63) is 35.4 Å². The molecule has 1 saturated heterocycles. The van der Waals surface area contributed by atoms with Crippen LogP contribution in [-0.4, -0.2) is 19.0 Å². The predicted molar refractivity (Wildman–Crippen MR) is 94.3 cm³/mol. The van der Waals surface area contributed by atoms with Crippen LogP contribution in [0.3, 0.4) is 0 Å². The Hall–Kier alpha value is -1.35. The lowest BCUT2D eigenvalue weighted by Gasteiger charge is -2.32. The Labute approximate surface area is 140 Å². The second-order valence-corrected chi connectivity index (χ2v) is 7.44. The molecule has 3 nitrogen and oxygen atoms in total. The summed E-state index contributed by atoms with van der Waals surface area (Å²) in [7, 11) is 0. The molecule has 1 saturated carbocycles. The maximum absolute atomic E-state index is 12.6. The minimum absolute atomic E-state index is 0.114. The summed E-state index contributed by atoms with van der Waals surface area (Å²) in [5, 5.41) is 6.81. The maximum Gasteiger partial charge on any atom is 0.220 e. The average Bonchev–Trinajstić information content (AvgIpc) is 3.04. The van der Waals surface area contributed by atoms with Gasteiger partial charge in [-0.25, -0.2) is 0 Å². The van der Waals surface area contributed by atoms with Crippen LogP contribution in [0.2, 0.25) is 0 Å². The third-order valence-corrected chi connectivity index (χ3v) is 5.64. The Bertz CT molecular complexity index is 528. The third kappa shape index (κ3) is 4.14. The smallest absolute Gasteiger partial charge is 0.220 e. The Kier molecular flexibility index (Phi) is 5.37. The van der Waals surface area contributed by atoms with Gasteiger partial charge in [0.15, 0.2) is 0 Å². The average molecular weight is 314 g/mol. The maximum atomic E-state index is 12.6. The summed E-state index contributed by atoms with van der Waals surface area (Å²) in [5.41, 5.74) is 2.46. The van der Waals surface area contributed by atoms with Gasteiger partial charge < -0.3 is 10.6 Å². The molecule has 3 heteroatoms. The van der Waals surface area contributed by atoms with Crippen LogP contribution in [0.5, 0.6) is 0 Å². The lowest BCUT2D eigenvalue weighted by molar-refractivity contribution is -0.123. The van der Waals surface area contributed by atoms with Crippen molar-refractivity contribution in [3.8, 4) is 0 Å². The number of amides is 1. The van der Waals surface area contributed by atoms with Gasteiger partial charge >= 0.3 is 0 Å². The number of carbonyl (C=O) groups is 1. The van der Waals surface area contributed by atoms with E-state index in [9.17, 15) is 4.79 Å². The minimum Gasteiger partial charge on any atom is -0.347 e. The van der Waals surface area contributed by atoms with Crippen LogP contribution in [0.25, 0.3) is 0 Å². The van der Waals surface area contributed by atoms with Crippen LogP contribution < -0.4 is 10.6 Å². The van der Waals surface area contributed by atoms with Gasteiger partial charge in [0, 0.05) is 6.42 Å². The van der Waals surface area contributed by atoms with E-state index in [0.717, 1.165) is 38.3 Å². The summed E-state index contributed by atoms with van der Waals surface area (Å²) in [5.74, 6) is 0.965. The highest BCUT2D eigenvalue weighted by molar-refractivity contribution is 5.77. The Morgan fingerprint density at radius 1 is 1.26 bits per heavy atom. The minimum atomic E-state index is -0.114. The molecule has 0 bridgehead atoms. The van der Waals surface area contributed by atoms with Crippen LogP contribution in [0.4, 0.5) is 0 Å². The molecule has 1 amide bonds. The molecule has 0 aromatic heterocycles. The Morgan fingerprint density at radius 2 is 2.00 bits per heavy atom.